The van der Waals surface area contributed by atoms with Gasteiger partial charge in [0, 0.05) is 39.4 Å². The maximum absolute atomic E-state index is 5.53. The fourth-order valence-electron chi connectivity index (χ4n) is 2.61. The quantitative estimate of drug-likeness (QED) is 0.699. The summed E-state index contributed by atoms with van der Waals surface area (Å²) in [5, 5.41) is 3.54. The average molecular weight is 257 g/mol. The maximum atomic E-state index is 5.53. The summed E-state index contributed by atoms with van der Waals surface area (Å²) in [6.45, 7) is 9.66. The first-order chi connectivity index (χ1) is 8.58. The first-order valence-corrected chi connectivity index (χ1v) is 7.20. The van der Waals surface area contributed by atoms with Crippen LogP contribution in [0.1, 0.15) is 19.8 Å². The molecule has 0 aromatic rings. The van der Waals surface area contributed by atoms with Gasteiger partial charge in [-0.3, -0.25) is 0 Å². The molecule has 0 aliphatic carbocycles. The van der Waals surface area contributed by atoms with Crippen molar-refractivity contribution in [1.29, 1.82) is 0 Å². The minimum absolute atomic E-state index is 0.412. The van der Waals surface area contributed by atoms with Crippen LogP contribution >= 0.6 is 0 Å². The molecule has 1 rings (SSSR count). The molecule has 0 aromatic heterocycles. The molecule has 0 bridgehead atoms. The van der Waals surface area contributed by atoms with Crippen molar-refractivity contribution in [3.63, 3.8) is 0 Å². The summed E-state index contributed by atoms with van der Waals surface area (Å²) in [5.41, 5.74) is 0.412. The summed E-state index contributed by atoms with van der Waals surface area (Å²) in [6, 6.07) is 0. The summed E-state index contributed by atoms with van der Waals surface area (Å²) in [6.07, 6.45) is 2.37. The number of nitrogens with zero attached hydrogens (tertiary/aromatic N) is 2. The number of ether oxygens (including phenoxy) is 1. The van der Waals surface area contributed by atoms with Gasteiger partial charge in [0.1, 0.15) is 0 Å². The van der Waals surface area contributed by atoms with E-state index in [1.54, 1.807) is 0 Å². The van der Waals surface area contributed by atoms with Crippen LogP contribution in [0.4, 0.5) is 0 Å². The van der Waals surface area contributed by atoms with E-state index in [1.807, 2.05) is 0 Å². The normalized spacial score (nSPS) is 19.7. The summed E-state index contributed by atoms with van der Waals surface area (Å²) in [5.74, 6) is 0. The first-order valence-electron chi connectivity index (χ1n) is 7.20. The SMILES string of the molecule is CCNCC1(CN(C)CCN(C)C)CCOCC1. The monoisotopic (exact) mass is 257 g/mol. The predicted molar refractivity (Wildman–Crippen MR) is 77.1 cm³/mol. The molecular formula is C14H31N3O. The molecule has 4 nitrogen and oxygen atoms in total. The van der Waals surface area contributed by atoms with Gasteiger partial charge in [-0.15, -0.1) is 0 Å². The van der Waals surface area contributed by atoms with Gasteiger partial charge in [0.2, 0.25) is 0 Å². The largest absolute Gasteiger partial charge is 0.381 e. The molecule has 0 unspecified atom stereocenters. The van der Waals surface area contributed by atoms with Gasteiger partial charge in [0.15, 0.2) is 0 Å². The Kier molecular flexibility index (Phi) is 7.15. The highest BCUT2D eigenvalue weighted by Crippen LogP contribution is 2.30. The van der Waals surface area contributed by atoms with E-state index in [1.165, 1.54) is 19.4 Å². The highest BCUT2D eigenvalue weighted by atomic mass is 16.5. The van der Waals surface area contributed by atoms with E-state index < -0.39 is 0 Å². The molecule has 18 heavy (non-hydrogen) atoms. The fourth-order valence-corrected chi connectivity index (χ4v) is 2.61. The highest BCUT2D eigenvalue weighted by molar-refractivity contribution is 4.86. The third-order valence-corrected chi connectivity index (χ3v) is 3.84. The van der Waals surface area contributed by atoms with Crippen molar-refractivity contribution in [2.75, 3.05) is 67.1 Å². The Morgan fingerprint density at radius 3 is 2.33 bits per heavy atom. The molecule has 0 spiro atoms. The molecule has 1 fully saturated rings. The van der Waals surface area contributed by atoms with Crippen LogP contribution < -0.4 is 5.32 Å². The summed E-state index contributed by atoms with van der Waals surface area (Å²) < 4.78 is 5.53. The lowest BCUT2D eigenvalue weighted by Gasteiger charge is -2.40. The summed E-state index contributed by atoms with van der Waals surface area (Å²) in [4.78, 5) is 4.72. The number of likely N-dealkylation sites (N-methyl/N-ethyl adjacent to an activating group) is 2. The van der Waals surface area contributed by atoms with Crippen LogP contribution in [0.15, 0.2) is 0 Å². The number of rotatable bonds is 8. The smallest absolute Gasteiger partial charge is 0.0472 e. The molecule has 0 amide bonds. The minimum atomic E-state index is 0.412. The van der Waals surface area contributed by atoms with Crippen LogP contribution in [0.5, 0.6) is 0 Å². The van der Waals surface area contributed by atoms with Crippen LogP contribution in [-0.4, -0.2) is 76.9 Å². The van der Waals surface area contributed by atoms with Crippen molar-refractivity contribution in [1.82, 2.24) is 15.1 Å². The van der Waals surface area contributed by atoms with Crippen molar-refractivity contribution in [3.8, 4) is 0 Å². The third-order valence-electron chi connectivity index (χ3n) is 3.84. The van der Waals surface area contributed by atoms with E-state index in [0.29, 0.717) is 5.41 Å². The van der Waals surface area contributed by atoms with Gasteiger partial charge in [-0.2, -0.15) is 0 Å². The molecule has 1 aliphatic heterocycles. The van der Waals surface area contributed by atoms with E-state index >= 15 is 0 Å². The molecule has 4 heteroatoms. The number of hydrogen-bond donors (Lipinski definition) is 1. The topological polar surface area (TPSA) is 27.7 Å². The van der Waals surface area contributed by atoms with E-state index in [2.05, 4.69) is 43.2 Å². The maximum Gasteiger partial charge on any atom is 0.0472 e. The average Bonchev–Trinajstić information content (AvgIpc) is 2.35. The molecule has 1 saturated heterocycles. The second-order valence-electron chi connectivity index (χ2n) is 5.93. The Hall–Kier alpha value is -0.160. The summed E-state index contributed by atoms with van der Waals surface area (Å²) in [7, 11) is 6.51. The van der Waals surface area contributed by atoms with Crippen LogP contribution in [0.25, 0.3) is 0 Å². The number of hydrogen-bond acceptors (Lipinski definition) is 4. The zero-order valence-corrected chi connectivity index (χ0v) is 12.7. The highest BCUT2D eigenvalue weighted by Gasteiger charge is 2.33. The van der Waals surface area contributed by atoms with E-state index in [-0.39, 0.29) is 0 Å². The lowest BCUT2D eigenvalue weighted by atomic mass is 9.79. The molecule has 0 saturated carbocycles. The molecule has 0 aromatic carbocycles. The Bertz CT molecular complexity index is 215. The minimum Gasteiger partial charge on any atom is -0.381 e. The van der Waals surface area contributed by atoms with Crippen molar-refractivity contribution < 1.29 is 4.74 Å². The van der Waals surface area contributed by atoms with Gasteiger partial charge in [0.05, 0.1) is 0 Å². The molecule has 0 atom stereocenters. The van der Waals surface area contributed by atoms with Crippen molar-refractivity contribution in [3.05, 3.63) is 0 Å². The second kappa shape index (κ2) is 8.10. The molecule has 0 radical (unpaired) electrons. The lowest BCUT2D eigenvalue weighted by molar-refractivity contribution is -0.000887. The van der Waals surface area contributed by atoms with Gasteiger partial charge >= 0.3 is 0 Å². The molecule has 108 valence electrons. The molecule has 1 N–H and O–H groups in total. The fraction of sp³-hybridized carbons (Fsp3) is 1.00. The van der Waals surface area contributed by atoms with E-state index in [4.69, 9.17) is 4.74 Å². The zero-order valence-electron chi connectivity index (χ0n) is 12.7. The van der Waals surface area contributed by atoms with E-state index in [0.717, 1.165) is 39.4 Å². The van der Waals surface area contributed by atoms with Crippen LogP contribution in [-0.2, 0) is 4.74 Å². The predicted octanol–water partition coefficient (Wildman–Crippen LogP) is 0.886. The van der Waals surface area contributed by atoms with E-state index in [9.17, 15) is 0 Å². The second-order valence-corrected chi connectivity index (χ2v) is 5.93. The lowest BCUT2D eigenvalue weighted by Crippen LogP contribution is -2.47. The van der Waals surface area contributed by atoms with Crippen LogP contribution in [0, 0.1) is 5.41 Å². The van der Waals surface area contributed by atoms with Gasteiger partial charge in [0.25, 0.3) is 0 Å². The van der Waals surface area contributed by atoms with Crippen molar-refractivity contribution in [2.45, 2.75) is 19.8 Å². The molecular weight excluding hydrogens is 226 g/mol. The Morgan fingerprint density at radius 2 is 1.78 bits per heavy atom. The van der Waals surface area contributed by atoms with Gasteiger partial charge in [-0.25, -0.2) is 0 Å². The van der Waals surface area contributed by atoms with Gasteiger partial charge in [-0.05, 0) is 45.9 Å². The van der Waals surface area contributed by atoms with Gasteiger partial charge in [-0.1, -0.05) is 6.92 Å². The molecule has 1 heterocycles. The summed E-state index contributed by atoms with van der Waals surface area (Å²) >= 11 is 0. The van der Waals surface area contributed by atoms with Crippen molar-refractivity contribution >= 4 is 0 Å². The standard InChI is InChI=1S/C14H31N3O/c1-5-15-12-14(6-10-18-11-7-14)13-17(4)9-8-16(2)3/h15H,5-13H2,1-4H3. The van der Waals surface area contributed by atoms with Crippen LogP contribution in [0.3, 0.4) is 0 Å². The zero-order chi connectivity index (χ0) is 13.4. The van der Waals surface area contributed by atoms with Crippen molar-refractivity contribution in [2.24, 2.45) is 5.41 Å². The Balaban J connectivity index is 2.44. The Labute approximate surface area is 113 Å². The Morgan fingerprint density at radius 1 is 1.11 bits per heavy atom. The molecule has 1 aliphatic rings. The third kappa shape index (κ3) is 5.65. The van der Waals surface area contributed by atoms with Crippen LogP contribution in [0.2, 0.25) is 0 Å². The van der Waals surface area contributed by atoms with Gasteiger partial charge < -0.3 is 19.9 Å². The first kappa shape index (κ1) is 15.9. The number of nitrogens with one attached hydrogen (secondary N) is 1.